The van der Waals surface area contributed by atoms with Gasteiger partial charge in [0.05, 0.1) is 5.56 Å². The number of hydrogen-bond acceptors (Lipinski definition) is 4. The summed E-state index contributed by atoms with van der Waals surface area (Å²) < 4.78 is 20.2. The monoisotopic (exact) mass is 512 g/mol. The highest BCUT2D eigenvalue weighted by atomic mass is 28.4. The summed E-state index contributed by atoms with van der Waals surface area (Å²) in [5.74, 6) is 0.523. The molecule has 1 N–H and O–H groups in total. The molecule has 0 heterocycles. The summed E-state index contributed by atoms with van der Waals surface area (Å²) in [7, 11) is -6.82. The average molecular weight is 513 g/mol. The van der Waals surface area contributed by atoms with Crippen molar-refractivity contribution < 1.29 is 23.2 Å². The molecule has 0 atom stereocenters. The third-order valence-electron chi connectivity index (χ3n) is 7.77. The van der Waals surface area contributed by atoms with E-state index in [1.54, 1.807) is 12.1 Å². The Morgan fingerprint density at radius 3 is 1.15 bits per heavy atom. The van der Waals surface area contributed by atoms with Crippen molar-refractivity contribution in [3.8, 4) is 17.2 Å². The predicted molar refractivity (Wildman–Crippen MR) is 147 cm³/mol. The number of rotatable bonds is 7. The summed E-state index contributed by atoms with van der Waals surface area (Å²) in [6.45, 7) is 32.6. The zero-order chi connectivity index (χ0) is 26.4. The van der Waals surface area contributed by atoms with Gasteiger partial charge in [-0.2, -0.15) is 0 Å². The molecule has 0 radical (unpaired) electrons. The van der Waals surface area contributed by atoms with Crippen LogP contribution < -0.4 is 13.3 Å². The SMILES string of the molecule is CC(C)(C)[Si](C)(C)Oc1cc(C(=O)O)cc(O[Si](C)(C)C(C)(C)C)c1O[Si](C)(C)C(C)(C)C. The summed E-state index contributed by atoms with van der Waals surface area (Å²) >= 11 is 0. The molecular formula is C25H48O5Si3. The van der Waals surface area contributed by atoms with Crippen LogP contribution in [0.25, 0.3) is 0 Å². The second-order valence-electron chi connectivity index (χ2n) is 13.7. The molecular weight excluding hydrogens is 465 g/mol. The van der Waals surface area contributed by atoms with Crippen molar-refractivity contribution in [2.24, 2.45) is 0 Å². The standard InChI is InChI=1S/C25H48O5Si3/c1-23(2,3)31(10,11)28-19-16-18(22(26)27)17-20(29-32(12,13)24(4,5)6)21(19)30-33(14,15)25(7,8)9/h16-17H,1-15H3,(H,26,27). The fourth-order valence-electron chi connectivity index (χ4n) is 2.22. The molecule has 0 aliphatic carbocycles. The van der Waals surface area contributed by atoms with Crippen molar-refractivity contribution >= 4 is 30.9 Å². The van der Waals surface area contributed by atoms with Crippen LogP contribution in [-0.2, 0) is 0 Å². The van der Waals surface area contributed by atoms with E-state index >= 15 is 0 Å². The maximum Gasteiger partial charge on any atom is 0.335 e. The molecule has 1 aromatic rings. The molecule has 0 bridgehead atoms. The van der Waals surface area contributed by atoms with Crippen LogP contribution in [0.5, 0.6) is 17.2 Å². The van der Waals surface area contributed by atoms with Gasteiger partial charge in [0.25, 0.3) is 25.0 Å². The Kier molecular flexibility index (Phi) is 8.19. The van der Waals surface area contributed by atoms with Gasteiger partial charge in [-0.3, -0.25) is 0 Å². The van der Waals surface area contributed by atoms with Crippen molar-refractivity contribution in [2.45, 2.75) is 117 Å². The van der Waals surface area contributed by atoms with Crippen LogP contribution in [0.2, 0.25) is 54.4 Å². The van der Waals surface area contributed by atoms with E-state index in [2.05, 4.69) is 102 Å². The van der Waals surface area contributed by atoms with Crippen LogP contribution in [0.1, 0.15) is 72.7 Å². The molecule has 1 rings (SSSR count). The Morgan fingerprint density at radius 2 is 0.909 bits per heavy atom. The van der Waals surface area contributed by atoms with Crippen molar-refractivity contribution in [2.75, 3.05) is 0 Å². The Bertz CT molecular complexity index is 820. The topological polar surface area (TPSA) is 65.0 Å². The van der Waals surface area contributed by atoms with E-state index in [9.17, 15) is 9.90 Å². The molecule has 0 unspecified atom stereocenters. The highest BCUT2D eigenvalue weighted by Gasteiger charge is 2.45. The Morgan fingerprint density at radius 1 is 0.636 bits per heavy atom. The van der Waals surface area contributed by atoms with E-state index in [0.717, 1.165) is 0 Å². The zero-order valence-electron chi connectivity index (χ0n) is 23.7. The molecule has 0 saturated carbocycles. The molecule has 0 aliphatic heterocycles. The second kappa shape index (κ2) is 9.07. The first-order valence-electron chi connectivity index (χ1n) is 11.8. The van der Waals surface area contributed by atoms with Gasteiger partial charge < -0.3 is 18.4 Å². The lowest BCUT2D eigenvalue weighted by Gasteiger charge is -2.42. The fraction of sp³-hybridized carbons (Fsp3) is 0.720. The van der Waals surface area contributed by atoms with E-state index in [4.69, 9.17) is 13.3 Å². The molecule has 8 heteroatoms. The Balaban J connectivity index is 3.90. The van der Waals surface area contributed by atoms with Crippen LogP contribution in [-0.4, -0.2) is 36.0 Å². The van der Waals surface area contributed by atoms with E-state index in [1.165, 1.54) is 0 Å². The van der Waals surface area contributed by atoms with Crippen LogP contribution >= 0.6 is 0 Å². The van der Waals surface area contributed by atoms with Crippen molar-refractivity contribution in [3.63, 3.8) is 0 Å². The van der Waals surface area contributed by atoms with Gasteiger partial charge in [-0.15, -0.1) is 0 Å². The predicted octanol–water partition coefficient (Wildman–Crippen LogP) is 8.54. The van der Waals surface area contributed by atoms with Gasteiger partial charge in [0.15, 0.2) is 5.75 Å². The summed E-state index contributed by atoms with van der Waals surface area (Å²) in [6, 6.07) is 3.23. The number of carboxylic acid groups (broad SMARTS) is 1. The number of carboxylic acids is 1. The van der Waals surface area contributed by atoms with E-state index in [0.29, 0.717) is 17.2 Å². The molecule has 0 fully saturated rings. The number of hydrogen-bond donors (Lipinski definition) is 1. The number of aromatic carboxylic acids is 1. The molecule has 5 nitrogen and oxygen atoms in total. The van der Waals surface area contributed by atoms with E-state index in [-0.39, 0.29) is 20.7 Å². The van der Waals surface area contributed by atoms with Crippen molar-refractivity contribution in [3.05, 3.63) is 17.7 Å². The van der Waals surface area contributed by atoms with Gasteiger partial charge in [0.1, 0.15) is 11.5 Å². The summed E-state index contributed by atoms with van der Waals surface area (Å²) in [4.78, 5) is 12.1. The van der Waals surface area contributed by atoms with Gasteiger partial charge in [0, 0.05) is 0 Å². The smallest absolute Gasteiger partial charge is 0.335 e. The molecule has 0 spiro atoms. The van der Waals surface area contributed by atoms with Crippen molar-refractivity contribution in [1.29, 1.82) is 0 Å². The second-order valence-corrected chi connectivity index (χ2v) is 27.9. The minimum absolute atomic E-state index is 0.0407. The van der Waals surface area contributed by atoms with Gasteiger partial charge in [-0.25, -0.2) is 4.79 Å². The molecule has 0 saturated heterocycles. The van der Waals surface area contributed by atoms with Crippen LogP contribution in [0, 0.1) is 0 Å². The van der Waals surface area contributed by atoms with Gasteiger partial charge in [-0.1, -0.05) is 62.3 Å². The Hall–Kier alpha value is -1.26. The lowest BCUT2D eigenvalue weighted by molar-refractivity contribution is 0.0696. The minimum atomic E-state index is -2.28. The maximum atomic E-state index is 12.1. The summed E-state index contributed by atoms with van der Waals surface area (Å²) in [6.07, 6.45) is 0. The maximum absolute atomic E-state index is 12.1. The number of carbonyl (C=O) groups is 1. The van der Waals surface area contributed by atoms with Crippen LogP contribution in [0.15, 0.2) is 12.1 Å². The molecule has 33 heavy (non-hydrogen) atoms. The summed E-state index contributed by atoms with van der Waals surface area (Å²) in [5, 5.41) is 9.73. The lowest BCUT2D eigenvalue weighted by Crippen LogP contribution is -2.47. The molecule has 0 amide bonds. The quantitative estimate of drug-likeness (QED) is 0.371. The van der Waals surface area contributed by atoms with Crippen LogP contribution in [0.4, 0.5) is 0 Å². The lowest BCUT2D eigenvalue weighted by atomic mass is 10.2. The molecule has 0 aromatic heterocycles. The first-order valence-corrected chi connectivity index (χ1v) is 20.5. The first-order chi connectivity index (χ1) is 14.3. The molecule has 190 valence electrons. The van der Waals surface area contributed by atoms with E-state index < -0.39 is 30.9 Å². The van der Waals surface area contributed by atoms with Gasteiger partial charge >= 0.3 is 5.97 Å². The number of benzene rings is 1. The van der Waals surface area contributed by atoms with Crippen molar-refractivity contribution in [1.82, 2.24) is 0 Å². The third kappa shape index (κ3) is 6.88. The van der Waals surface area contributed by atoms with Gasteiger partial charge in [-0.05, 0) is 66.5 Å². The first kappa shape index (κ1) is 29.8. The van der Waals surface area contributed by atoms with E-state index in [1.807, 2.05) is 0 Å². The largest absolute Gasteiger partial charge is 0.541 e. The van der Waals surface area contributed by atoms with Gasteiger partial charge in [0.2, 0.25) is 0 Å². The fourth-order valence-corrected chi connectivity index (χ4v) is 5.25. The third-order valence-corrected chi connectivity index (χ3v) is 20.8. The zero-order valence-corrected chi connectivity index (χ0v) is 26.7. The van der Waals surface area contributed by atoms with Crippen LogP contribution in [0.3, 0.4) is 0 Å². The highest BCUT2D eigenvalue weighted by Crippen LogP contribution is 2.49. The summed E-state index contributed by atoms with van der Waals surface area (Å²) in [5.41, 5.74) is 0.153. The molecule has 0 aliphatic rings. The minimum Gasteiger partial charge on any atom is -0.541 e. The normalized spacial score (nSPS) is 14.2. The highest BCUT2D eigenvalue weighted by molar-refractivity contribution is 6.76. The molecule has 1 aromatic carbocycles. The average Bonchev–Trinajstić information content (AvgIpc) is 2.53. The Labute approximate surface area is 205 Å².